The van der Waals surface area contributed by atoms with E-state index in [-0.39, 0.29) is 0 Å². The molecule has 1 aromatic rings. The molecule has 0 radical (unpaired) electrons. The highest BCUT2D eigenvalue weighted by Crippen LogP contribution is 2.16. The van der Waals surface area contributed by atoms with E-state index in [2.05, 4.69) is 24.2 Å². The van der Waals surface area contributed by atoms with Gasteiger partial charge in [-0.05, 0) is 25.7 Å². The van der Waals surface area contributed by atoms with Crippen LogP contribution in [0.5, 0.6) is 0 Å². The summed E-state index contributed by atoms with van der Waals surface area (Å²) in [5.41, 5.74) is 2.37. The van der Waals surface area contributed by atoms with Gasteiger partial charge in [-0.2, -0.15) is 0 Å². The first-order valence-corrected chi connectivity index (χ1v) is 7.54. The van der Waals surface area contributed by atoms with E-state index >= 15 is 0 Å². The van der Waals surface area contributed by atoms with Gasteiger partial charge in [-0.15, -0.1) is 5.10 Å². The Labute approximate surface area is 114 Å². The van der Waals surface area contributed by atoms with Crippen LogP contribution in [0.15, 0.2) is 0 Å². The van der Waals surface area contributed by atoms with Gasteiger partial charge in [0.25, 0.3) is 0 Å². The standard InChI is InChI=1S/C11H21N3.2C2H6/c1-5-10(6-2)7-8-11-9(3)12-13-14(11)4;2*1-2/h10H,5-8H2,1-4H3;2*1-2H3. The average molecular weight is 255 g/mol. The minimum absolute atomic E-state index is 0.851. The van der Waals surface area contributed by atoms with Crippen molar-refractivity contribution in [2.45, 2.75) is 74.1 Å². The first-order chi connectivity index (χ1) is 8.69. The summed E-state index contributed by atoms with van der Waals surface area (Å²) in [6.45, 7) is 14.6. The van der Waals surface area contributed by atoms with Crippen molar-refractivity contribution in [2.75, 3.05) is 0 Å². The van der Waals surface area contributed by atoms with Gasteiger partial charge in [-0.1, -0.05) is 59.6 Å². The maximum Gasteiger partial charge on any atom is 0.0828 e. The molecular formula is C15H33N3. The van der Waals surface area contributed by atoms with Crippen LogP contribution in [0.3, 0.4) is 0 Å². The average Bonchev–Trinajstić information content (AvgIpc) is 2.75. The first-order valence-electron chi connectivity index (χ1n) is 7.54. The van der Waals surface area contributed by atoms with Crippen LogP contribution in [0.2, 0.25) is 0 Å². The van der Waals surface area contributed by atoms with Crippen LogP contribution < -0.4 is 0 Å². The fourth-order valence-corrected chi connectivity index (χ4v) is 1.86. The van der Waals surface area contributed by atoms with E-state index in [0.717, 1.165) is 18.0 Å². The molecule has 18 heavy (non-hydrogen) atoms. The van der Waals surface area contributed by atoms with Crippen LogP contribution in [-0.2, 0) is 13.5 Å². The second-order valence-corrected chi connectivity index (χ2v) is 3.97. The molecule has 0 bridgehead atoms. The molecule has 0 atom stereocenters. The Morgan fingerprint density at radius 3 is 1.89 bits per heavy atom. The minimum atomic E-state index is 0.851. The molecule has 0 aliphatic heterocycles. The molecule has 0 aliphatic carbocycles. The van der Waals surface area contributed by atoms with Crippen LogP contribution in [0.1, 0.15) is 72.2 Å². The lowest BCUT2D eigenvalue weighted by atomic mass is 9.96. The summed E-state index contributed by atoms with van der Waals surface area (Å²) in [6.07, 6.45) is 4.93. The lowest BCUT2D eigenvalue weighted by Crippen LogP contribution is -2.04. The number of aryl methyl sites for hydroxylation is 2. The highest BCUT2D eigenvalue weighted by molar-refractivity contribution is 5.07. The lowest BCUT2D eigenvalue weighted by Gasteiger charge is -2.11. The third kappa shape index (κ3) is 6.77. The molecule has 0 saturated heterocycles. The molecule has 0 saturated carbocycles. The van der Waals surface area contributed by atoms with Gasteiger partial charge in [0.2, 0.25) is 0 Å². The molecule has 0 spiro atoms. The topological polar surface area (TPSA) is 30.7 Å². The second-order valence-electron chi connectivity index (χ2n) is 3.97. The van der Waals surface area contributed by atoms with E-state index in [4.69, 9.17) is 0 Å². The third-order valence-corrected chi connectivity index (χ3v) is 3.08. The second kappa shape index (κ2) is 12.6. The molecule has 0 aliphatic rings. The molecular weight excluding hydrogens is 222 g/mol. The Morgan fingerprint density at radius 2 is 1.56 bits per heavy atom. The largest absolute Gasteiger partial charge is 0.252 e. The van der Waals surface area contributed by atoms with Gasteiger partial charge in [0, 0.05) is 7.05 Å². The maximum absolute atomic E-state index is 4.06. The van der Waals surface area contributed by atoms with Crippen LogP contribution in [0.25, 0.3) is 0 Å². The highest BCUT2D eigenvalue weighted by atomic mass is 15.4. The smallest absolute Gasteiger partial charge is 0.0828 e. The summed E-state index contributed by atoms with van der Waals surface area (Å²) in [6, 6.07) is 0. The van der Waals surface area contributed by atoms with Crippen molar-refractivity contribution in [2.24, 2.45) is 13.0 Å². The number of nitrogens with zero attached hydrogens (tertiary/aromatic N) is 3. The highest BCUT2D eigenvalue weighted by Gasteiger charge is 2.09. The third-order valence-electron chi connectivity index (χ3n) is 3.08. The molecule has 3 nitrogen and oxygen atoms in total. The molecule has 1 aromatic heterocycles. The van der Waals surface area contributed by atoms with Gasteiger partial charge in [-0.25, -0.2) is 0 Å². The Kier molecular flexibility index (Phi) is 13.6. The number of hydrogen-bond acceptors (Lipinski definition) is 2. The normalized spacial score (nSPS) is 9.39. The van der Waals surface area contributed by atoms with E-state index in [1.807, 2.05) is 46.3 Å². The Bertz CT molecular complexity index is 256. The van der Waals surface area contributed by atoms with E-state index in [9.17, 15) is 0 Å². The van der Waals surface area contributed by atoms with E-state index in [1.165, 1.54) is 25.0 Å². The van der Waals surface area contributed by atoms with Crippen LogP contribution in [0.4, 0.5) is 0 Å². The van der Waals surface area contributed by atoms with Crippen molar-refractivity contribution in [3.63, 3.8) is 0 Å². The Morgan fingerprint density at radius 1 is 1.06 bits per heavy atom. The molecule has 1 heterocycles. The molecule has 1 rings (SSSR count). The van der Waals surface area contributed by atoms with Gasteiger partial charge in [-0.3, -0.25) is 4.68 Å². The van der Waals surface area contributed by atoms with E-state index in [1.54, 1.807) is 0 Å². The van der Waals surface area contributed by atoms with Gasteiger partial charge in [0.05, 0.1) is 11.4 Å². The quantitative estimate of drug-likeness (QED) is 0.773. The van der Waals surface area contributed by atoms with E-state index < -0.39 is 0 Å². The van der Waals surface area contributed by atoms with Crippen molar-refractivity contribution < 1.29 is 0 Å². The van der Waals surface area contributed by atoms with Crippen molar-refractivity contribution in [3.8, 4) is 0 Å². The summed E-state index contributed by atoms with van der Waals surface area (Å²) >= 11 is 0. The van der Waals surface area contributed by atoms with Crippen LogP contribution in [-0.4, -0.2) is 15.0 Å². The molecule has 0 unspecified atom stereocenters. The fourth-order valence-electron chi connectivity index (χ4n) is 1.86. The van der Waals surface area contributed by atoms with Gasteiger partial charge >= 0.3 is 0 Å². The van der Waals surface area contributed by atoms with Crippen molar-refractivity contribution in [1.82, 2.24) is 15.0 Å². The number of rotatable bonds is 5. The zero-order chi connectivity index (χ0) is 14.6. The summed E-state index contributed by atoms with van der Waals surface area (Å²) in [7, 11) is 1.97. The minimum Gasteiger partial charge on any atom is -0.252 e. The first kappa shape index (κ1) is 19.5. The summed E-state index contributed by atoms with van der Waals surface area (Å²) in [5, 5.41) is 8.07. The zero-order valence-electron chi connectivity index (χ0n) is 13.7. The fraction of sp³-hybridized carbons (Fsp3) is 0.867. The SMILES string of the molecule is CC.CC.CCC(CC)CCc1c(C)nnn1C. The van der Waals surface area contributed by atoms with Crippen LogP contribution in [0, 0.1) is 12.8 Å². The molecule has 0 N–H and O–H groups in total. The molecule has 0 amide bonds. The van der Waals surface area contributed by atoms with Gasteiger partial charge in [0.15, 0.2) is 0 Å². The predicted molar refractivity (Wildman–Crippen MR) is 80.8 cm³/mol. The molecule has 0 fully saturated rings. The number of hydrogen-bond donors (Lipinski definition) is 0. The van der Waals surface area contributed by atoms with E-state index in [0.29, 0.717) is 0 Å². The Hall–Kier alpha value is -0.860. The maximum atomic E-state index is 4.06. The zero-order valence-corrected chi connectivity index (χ0v) is 13.7. The van der Waals surface area contributed by atoms with Crippen molar-refractivity contribution in [1.29, 1.82) is 0 Å². The van der Waals surface area contributed by atoms with Crippen molar-refractivity contribution in [3.05, 3.63) is 11.4 Å². The predicted octanol–water partition coefficient (Wildman–Crippen LogP) is 4.54. The summed E-state index contributed by atoms with van der Waals surface area (Å²) in [4.78, 5) is 0. The lowest BCUT2D eigenvalue weighted by molar-refractivity contribution is 0.449. The van der Waals surface area contributed by atoms with Gasteiger partial charge < -0.3 is 0 Å². The van der Waals surface area contributed by atoms with Gasteiger partial charge in [0.1, 0.15) is 0 Å². The van der Waals surface area contributed by atoms with Crippen molar-refractivity contribution >= 4 is 0 Å². The number of aromatic nitrogens is 3. The monoisotopic (exact) mass is 255 g/mol. The van der Waals surface area contributed by atoms with Crippen LogP contribution >= 0.6 is 0 Å². The molecule has 3 heteroatoms. The Balaban J connectivity index is 0. The summed E-state index contributed by atoms with van der Waals surface area (Å²) < 4.78 is 1.90. The molecule has 0 aromatic carbocycles. The summed E-state index contributed by atoms with van der Waals surface area (Å²) in [5.74, 6) is 0.851. The molecule has 108 valence electrons.